The van der Waals surface area contributed by atoms with Crippen molar-refractivity contribution in [2.75, 3.05) is 0 Å². The molecular formula is C28H20BrN3OS. The van der Waals surface area contributed by atoms with Crippen LogP contribution in [0.15, 0.2) is 105 Å². The summed E-state index contributed by atoms with van der Waals surface area (Å²) in [6, 6.07) is 26.3. The molecule has 2 aromatic heterocycles. The number of rotatable bonds is 3. The van der Waals surface area contributed by atoms with Gasteiger partial charge in [-0.1, -0.05) is 87.9 Å². The number of allylic oxidation sites excluding steroid dienone is 1. The third-order valence-electron chi connectivity index (χ3n) is 6.14. The minimum atomic E-state index is -0.228. The van der Waals surface area contributed by atoms with Gasteiger partial charge in [-0.05, 0) is 41.5 Å². The highest BCUT2D eigenvalue weighted by atomic mass is 79.9. The van der Waals surface area contributed by atoms with Gasteiger partial charge in [-0.25, -0.2) is 4.99 Å². The van der Waals surface area contributed by atoms with Crippen molar-refractivity contribution in [3.8, 4) is 0 Å². The lowest BCUT2D eigenvalue weighted by atomic mass is 10.0. The number of para-hydroxylation sites is 1. The first kappa shape index (κ1) is 21.1. The summed E-state index contributed by atoms with van der Waals surface area (Å²) in [6.07, 6.45) is 6.16. The SMILES string of the molecule is Cn1cc(C=c2sc3n(c2=O)C(c2ccc(Br)cc2)C=C(c2ccccc2)N=3)c2ccccc21. The molecule has 0 amide bonds. The van der Waals surface area contributed by atoms with E-state index in [0.717, 1.165) is 37.8 Å². The van der Waals surface area contributed by atoms with Crippen LogP contribution in [-0.2, 0) is 7.05 Å². The topological polar surface area (TPSA) is 39.3 Å². The van der Waals surface area contributed by atoms with Crippen molar-refractivity contribution in [1.82, 2.24) is 9.13 Å². The summed E-state index contributed by atoms with van der Waals surface area (Å²) in [6.45, 7) is 0. The largest absolute Gasteiger partial charge is 0.350 e. The second-order valence-corrected chi connectivity index (χ2v) is 10.2. The molecule has 0 spiro atoms. The molecule has 1 aliphatic rings. The normalized spacial score (nSPS) is 15.8. The van der Waals surface area contributed by atoms with Crippen LogP contribution in [0, 0.1) is 0 Å². The molecule has 4 nitrogen and oxygen atoms in total. The summed E-state index contributed by atoms with van der Waals surface area (Å²) in [4.78, 5) is 19.3. The predicted octanol–water partition coefficient (Wildman–Crippen LogP) is 5.26. The molecule has 0 aliphatic carbocycles. The van der Waals surface area contributed by atoms with Crippen LogP contribution in [0.25, 0.3) is 22.7 Å². The summed E-state index contributed by atoms with van der Waals surface area (Å²) < 4.78 is 5.60. The molecule has 0 N–H and O–H groups in total. The van der Waals surface area contributed by atoms with Crippen molar-refractivity contribution >= 4 is 49.9 Å². The highest BCUT2D eigenvalue weighted by molar-refractivity contribution is 9.10. The third kappa shape index (κ3) is 3.59. The molecule has 34 heavy (non-hydrogen) atoms. The predicted molar refractivity (Wildman–Crippen MR) is 143 cm³/mol. The zero-order valence-corrected chi connectivity index (χ0v) is 20.8. The van der Waals surface area contributed by atoms with Crippen LogP contribution >= 0.6 is 27.3 Å². The van der Waals surface area contributed by atoms with E-state index in [4.69, 9.17) is 4.99 Å². The van der Waals surface area contributed by atoms with Gasteiger partial charge in [0, 0.05) is 34.2 Å². The van der Waals surface area contributed by atoms with Gasteiger partial charge in [0.25, 0.3) is 5.56 Å². The summed E-state index contributed by atoms with van der Waals surface area (Å²) in [5.41, 5.74) is 5.12. The molecule has 6 heteroatoms. The molecular weight excluding hydrogens is 506 g/mol. The van der Waals surface area contributed by atoms with Gasteiger partial charge in [0.2, 0.25) is 0 Å². The maximum Gasteiger partial charge on any atom is 0.271 e. The van der Waals surface area contributed by atoms with E-state index in [1.54, 1.807) is 0 Å². The minimum absolute atomic E-state index is 0.0204. The van der Waals surface area contributed by atoms with Crippen LogP contribution in [0.1, 0.15) is 22.7 Å². The smallest absolute Gasteiger partial charge is 0.271 e. The molecule has 0 radical (unpaired) electrons. The molecule has 5 aromatic rings. The summed E-state index contributed by atoms with van der Waals surface area (Å²) >= 11 is 4.96. The molecule has 3 aromatic carbocycles. The first-order valence-corrected chi connectivity index (χ1v) is 12.6. The Bertz CT molecular complexity index is 1740. The van der Waals surface area contributed by atoms with Gasteiger partial charge in [0.1, 0.15) is 0 Å². The molecule has 1 aliphatic heterocycles. The van der Waals surface area contributed by atoms with E-state index in [9.17, 15) is 4.79 Å². The molecule has 0 bridgehead atoms. The number of hydrogen-bond acceptors (Lipinski definition) is 3. The van der Waals surface area contributed by atoms with Crippen molar-refractivity contribution in [2.24, 2.45) is 12.0 Å². The molecule has 166 valence electrons. The maximum absolute atomic E-state index is 13.7. The summed E-state index contributed by atoms with van der Waals surface area (Å²) in [5.74, 6) is 0. The average Bonchev–Trinajstić information content (AvgIpc) is 3.36. The van der Waals surface area contributed by atoms with Gasteiger partial charge in [-0.2, -0.15) is 0 Å². The van der Waals surface area contributed by atoms with E-state index in [1.165, 1.54) is 11.3 Å². The van der Waals surface area contributed by atoms with E-state index >= 15 is 0 Å². The summed E-state index contributed by atoms with van der Waals surface area (Å²) in [5, 5.41) is 1.13. The fourth-order valence-electron chi connectivity index (χ4n) is 4.48. The fraction of sp³-hybridized carbons (Fsp3) is 0.0714. The number of hydrogen-bond donors (Lipinski definition) is 0. The first-order chi connectivity index (χ1) is 16.6. The van der Waals surface area contributed by atoms with Crippen molar-refractivity contribution < 1.29 is 0 Å². The number of halogens is 1. The number of fused-ring (bicyclic) bond motifs is 2. The Morgan fingerprint density at radius 2 is 1.71 bits per heavy atom. The number of benzene rings is 3. The van der Waals surface area contributed by atoms with Crippen molar-refractivity contribution in [1.29, 1.82) is 0 Å². The molecule has 0 saturated carbocycles. The standard InChI is InChI=1S/C28H20BrN3OS/c1-31-17-20(22-9-5-6-10-24(22)31)15-26-27(33)32-25(19-11-13-21(29)14-12-19)16-23(30-28(32)34-26)18-7-3-2-4-8-18/h2-17,25H,1H3. The first-order valence-electron chi connectivity index (χ1n) is 11.0. The van der Waals surface area contributed by atoms with Crippen LogP contribution in [-0.4, -0.2) is 9.13 Å². The zero-order chi connectivity index (χ0) is 23.2. The second-order valence-electron chi connectivity index (χ2n) is 8.31. The van der Waals surface area contributed by atoms with Crippen LogP contribution in [0.4, 0.5) is 0 Å². The van der Waals surface area contributed by atoms with Gasteiger partial charge in [-0.15, -0.1) is 0 Å². The zero-order valence-electron chi connectivity index (χ0n) is 18.4. The van der Waals surface area contributed by atoms with E-state index in [2.05, 4.69) is 69.2 Å². The Morgan fingerprint density at radius 3 is 2.50 bits per heavy atom. The fourth-order valence-corrected chi connectivity index (χ4v) is 5.75. The Morgan fingerprint density at radius 1 is 0.971 bits per heavy atom. The number of thiazole rings is 1. The van der Waals surface area contributed by atoms with Crippen LogP contribution in [0.5, 0.6) is 0 Å². The Kier molecular flexibility index (Phi) is 5.20. The number of aromatic nitrogens is 2. The molecule has 3 heterocycles. The van der Waals surface area contributed by atoms with Crippen LogP contribution in [0.2, 0.25) is 0 Å². The van der Waals surface area contributed by atoms with Crippen molar-refractivity contribution in [2.45, 2.75) is 6.04 Å². The van der Waals surface area contributed by atoms with Gasteiger partial charge in [0.05, 0.1) is 16.3 Å². The number of aryl methyl sites for hydroxylation is 1. The van der Waals surface area contributed by atoms with Gasteiger partial charge in [-0.3, -0.25) is 9.36 Å². The minimum Gasteiger partial charge on any atom is -0.350 e. The highest BCUT2D eigenvalue weighted by Crippen LogP contribution is 2.28. The molecule has 6 rings (SSSR count). The van der Waals surface area contributed by atoms with Gasteiger partial charge in [0.15, 0.2) is 4.80 Å². The van der Waals surface area contributed by atoms with E-state index < -0.39 is 0 Å². The van der Waals surface area contributed by atoms with E-state index in [-0.39, 0.29) is 11.6 Å². The average molecular weight is 526 g/mol. The Balaban J connectivity index is 1.59. The second kappa shape index (κ2) is 8.38. The highest BCUT2D eigenvalue weighted by Gasteiger charge is 2.22. The molecule has 0 fully saturated rings. The van der Waals surface area contributed by atoms with Crippen LogP contribution < -0.4 is 14.9 Å². The van der Waals surface area contributed by atoms with Crippen molar-refractivity contribution in [3.05, 3.63) is 132 Å². The van der Waals surface area contributed by atoms with Crippen LogP contribution in [0.3, 0.4) is 0 Å². The van der Waals surface area contributed by atoms with Crippen molar-refractivity contribution in [3.63, 3.8) is 0 Å². The lowest BCUT2D eigenvalue weighted by molar-refractivity contribution is 0.644. The van der Waals surface area contributed by atoms with Gasteiger partial charge >= 0.3 is 0 Å². The Labute approximate surface area is 208 Å². The lowest BCUT2D eigenvalue weighted by Crippen LogP contribution is -2.36. The van der Waals surface area contributed by atoms with Gasteiger partial charge < -0.3 is 4.57 Å². The Hall–Kier alpha value is -3.48. The maximum atomic E-state index is 13.7. The quantitative estimate of drug-likeness (QED) is 0.316. The lowest BCUT2D eigenvalue weighted by Gasteiger charge is -2.19. The summed E-state index contributed by atoms with van der Waals surface area (Å²) in [7, 11) is 2.03. The van der Waals surface area contributed by atoms with E-state index in [0.29, 0.717) is 9.33 Å². The molecule has 1 unspecified atom stereocenters. The third-order valence-corrected chi connectivity index (χ3v) is 7.65. The number of nitrogens with zero attached hydrogens (tertiary/aromatic N) is 3. The molecule has 0 saturated heterocycles. The monoisotopic (exact) mass is 525 g/mol. The molecule has 1 atom stereocenters. The van der Waals surface area contributed by atoms with E-state index in [1.807, 2.05) is 60.2 Å².